The molecule has 0 saturated heterocycles. The maximum absolute atomic E-state index is 6.23. The van der Waals surface area contributed by atoms with E-state index >= 15 is 0 Å². The van der Waals surface area contributed by atoms with Crippen molar-refractivity contribution in [3.8, 4) is 0 Å². The molecule has 0 aromatic carbocycles. The highest BCUT2D eigenvalue weighted by molar-refractivity contribution is 5.12. The Morgan fingerprint density at radius 3 is 2.40 bits per heavy atom. The van der Waals surface area contributed by atoms with Crippen molar-refractivity contribution in [1.29, 1.82) is 0 Å². The molecule has 0 bridgehead atoms. The lowest BCUT2D eigenvalue weighted by atomic mass is 9.75. The van der Waals surface area contributed by atoms with Gasteiger partial charge in [-0.2, -0.15) is 0 Å². The second-order valence-corrected chi connectivity index (χ2v) is 6.45. The maximum Gasteiger partial charge on any atom is 0.0669 e. The lowest BCUT2D eigenvalue weighted by Crippen LogP contribution is -2.58. The summed E-state index contributed by atoms with van der Waals surface area (Å²) in [6.07, 6.45) is 5.73. The van der Waals surface area contributed by atoms with Gasteiger partial charge in [0.2, 0.25) is 0 Å². The summed E-state index contributed by atoms with van der Waals surface area (Å²) in [7, 11) is 6.55. The third kappa shape index (κ3) is 3.03. The lowest BCUT2D eigenvalue weighted by Gasteiger charge is -2.50. The first kappa shape index (κ1) is 15.4. The normalized spacial score (nSPS) is 20.8. The summed E-state index contributed by atoms with van der Waals surface area (Å²) in [6, 6.07) is 6.31. The third-order valence-corrected chi connectivity index (χ3v) is 4.74. The van der Waals surface area contributed by atoms with Crippen LogP contribution in [0.3, 0.4) is 0 Å². The van der Waals surface area contributed by atoms with Gasteiger partial charge in [-0.15, -0.1) is 0 Å². The van der Waals surface area contributed by atoms with Crippen molar-refractivity contribution in [1.82, 2.24) is 14.8 Å². The monoisotopic (exact) mass is 276 g/mol. The second-order valence-electron chi connectivity index (χ2n) is 6.45. The molecule has 0 amide bonds. The molecule has 1 aromatic rings. The van der Waals surface area contributed by atoms with Crippen molar-refractivity contribution in [2.24, 2.45) is 5.73 Å². The summed E-state index contributed by atoms with van der Waals surface area (Å²) >= 11 is 0. The molecule has 112 valence electrons. The van der Waals surface area contributed by atoms with E-state index in [1.165, 1.54) is 19.3 Å². The van der Waals surface area contributed by atoms with Crippen molar-refractivity contribution in [3.63, 3.8) is 0 Å². The second kappa shape index (κ2) is 6.20. The molecular formula is C16H28N4. The average Bonchev–Trinajstić information content (AvgIpc) is 2.34. The van der Waals surface area contributed by atoms with Gasteiger partial charge in [-0.3, -0.25) is 9.88 Å². The molecular weight excluding hydrogens is 248 g/mol. The summed E-state index contributed by atoms with van der Waals surface area (Å²) in [6.45, 7) is 3.11. The first-order valence-corrected chi connectivity index (χ1v) is 7.50. The number of hydrogen-bond acceptors (Lipinski definition) is 4. The van der Waals surface area contributed by atoms with Gasteiger partial charge in [0.15, 0.2) is 0 Å². The van der Waals surface area contributed by atoms with Crippen LogP contribution in [0.5, 0.6) is 0 Å². The summed E-state index contributed by atoms with van der Waals surface area (Å²) < 4.78 is 0. The summed E-state index contributed by atoms with van der Waals surface area (Å²) in [5.41, 5.74) is 7.61. The first-order valence-electron chi connectivity index (χ1n) is 7.50. The van der Waals surface area contributed by atoms with Crippen LogP contribution in [0.25, 0.3) is 0 Å². The zero-order valence-electron chi connectivity index (χ0n) is 13.2. The van der Waals surface area contributed by atoms with E-state index in [4.69, 9.17) is 5.73 Å². The molecule has 1 fully saturated rings. The minimum absolute atomic E-state index is 0.0641. The molecule has 4 nitrogen and oxygen atoms in total. The molecule has 1 heterocycles. The summed E-state index contributed by atoms with van der Waals surface area (Å²) in [5.74, 6) is 0. The zero-order chi connectivity index (χ0) is 14.8. The molecule has 0 spiro atoms. The van der Waals surface area contributed by atoms with Crippen LogP contribution in [-0.4, -0.2) is 54.1 Å². The van der Waals surface area contributed by atoms with Crippen LogP contribution < -0.4 is 5.73 Å². The fourth-order valence-corrected chi connectivity index (χ4v) is 3.34. The topological polar surface area (TPSA) is 45.4 Å². The van der Waals surface area contributed by atoms with Gasteiger partial charge in [-0.05, 0) is 59.5 Å². The molecule has 0 aliphatic heterocycles. The molecule has 0 radical (unpaired) electrons. The Bertz CT molecular complexity index is 412. The van der Waals surface area contributed by atoms with Gasteiger partial charge in [-0.25, -0.2) is 0 Å². The number of nitrogens with two attached hydrogens (primary N) is 1. The van der Waals surface area contributed by atoms with E-state index in [2.05, 4.69) is 48.9 Å². The number of hydrogen-bond donors (Lipinski definition) is 1. The molecule has 2 rings (SSSR count). The molecule has 1 aliphatic carbocycles. The van der Waals surface area contributed by atoms with E-state index in [0.29, 0.717) is 5.54 Å². The van der Waals surface area contributed by atoms with Crippen LogP contribution in [0, 0.1) is 0 Å². The Morgan fingerprint density at radius 1 is 1.30 bits per heavy atom. The largest absolute Gasteiger partial charge is 0.326 e. The molecule has 2 N–H and O–H groups in total. The van der Waals surface area contributed by atoms with E-state index in [1.807, 2.05) is 18.3 Å². The minimum Gasteiger partial charge on any atom is -0.326 e. The summed E-state index contributed by atoms with van der Waals surface area (Å²) in [4.78, 5) is 9.26. The van der Waals surface area contributed by atoms with Gasteiger partial charge in [0.25, 0.3) is 0 Å². The van der Waals surface area contributed by atoms with E-state index in [-0.39, 0.29) is 12.1 Å². The van der Waals surface area contributed by atoms with Gasteiger partial charge in [0.05, 0.1) is 11.7 Å². The van der Waals surface area contributed by atoms with Crippen LogP contribution in [-0.2, 0) is 0 Å². The van der Waals surface area contributed by atoms with Crippen LogP contribution >= 0.6 is 0 Å². The van der Waals surface area contributed by atoms with Crippen molar-refractivity contribution in [2.45, 2.75) is 43.8 Å². The van der Waals surface area contributed by atoms with Crippen molar-refractivity contribution in [2.75, 3.05) is 27.7 Å². The van der Waals surface area contributed by atoms with E-state index in [0.717, 1.165) is 12.2 Å². The van der Waals surface area contributed by atoms with Crippen molar-refractivity contribution >= 4 is 0 Å². The Balaban J connectivity index is 2.14. The molecule has 1 saturated carbocycles. The maximum atomic E-state index is 6.23. The van der Waals surface area contributed by atoms with Crippen molar-refractivity contribution < 1.29 is 0 Å². The first-order chi connectivity index (χ1) is 9.46. The Kier molecular flexibility index (Phi) is 4.78. The quantitative estimate of drug-likeness (QED) is 0.862. The number of nitrogens with zero attached hydrogens (tertiary/aromatic N) is 3. The molecule has 1 aromatic heterocycles. The molecule has 1 aliphatic rings. The van der Waals surface area contributed by atoms with E-state index in [1.54, 1.807) is 0 Å². The highest BCUT2D eigenvalue weighted by Gasteiger charge is 2.41. The van der Waals surface area contributed by atoms with Crippen LogP contribution in [0.2, 0.25) is 0 Å². The minimum atomic E-state index is 0.0641. The van der Waals surface area contributed by atoms with Gasteiger partial charge in [0, 0.05) is 24.3 Å². The standard InChI is InChI=1S/C16H28N4/c1-13(17)15(14-8-5-6-11-18-14)20(4)12-16(19(2)3)9-7-10-16/h5-6,8,11,13,15H,7,9-10,12,17H2,1-4H3. The van der Waals surface area contributed by atoms with Gasteiger partial charge in [-0.1, -0.05) is 6.07 Å². The Morgan fingerprint density at radius 2 is 2.00 bits per heavy atom. The van der Waals surface area contributed by atoms with Crippen LogP contribution in [0.1, 0.15) is 37.9 Å². The Labute approximate surface area is 123 Å². The highest BCUT2D eigenvalue weighted by atomic mass is 15.2. The van der Waals surface area contributed by atoms with Crippen LogP contribution in [0.15, 0.2) is 24.4 Å². The number of aromatic nitrogens is 1. The lowest BCUT2D eigenvalue weighted by molar-refractivity contribution is 0.0125. The van der Waals surface area contributed by atoms with Gasteiger partial charge in [0.1, 0.15) is 0 Å². The van der Waals surface area contributed by atoms with Gasteiger partial charge < -0.3 is 10.6 Å². The molecule has 20 heavy (non-hydrogen) atoms. The molecule has 2 atom stereocenters. The summed E-state index contributed by atoms with van der Waals surface area (Å²) in [5, 5.41) is 0. The molecule has 2 unspecified atom stereocenters. The fourth-order valence-electron chi connectivity index (χ4n) is 3.34. The highest BCUT2D eigenvalue weighted by Crippen LogP contribution is 2.38. The molecule has 4 heteroatoms. The van der Waals surface area contributed by atoms with Crippen molar-refractivity contribution in [3.05, 3.63) is 30.1 Å². The number of pyridine rings is 1. The van der Waals surface area contributed by atoms with E-state index < -0.39 is 0 Å². The fraction of sp³-hybridized carbons (Fsp3) is 0.688. The number of rotatable bonds is 6. The predicted molar refractivity (Wildman–Crippen MR) is 83.5 cm³/mol. The van der Waals surface area contributed by atoms with Crippen LogP contribution in [0.4, 0.5) is 0 Å². The zero-order valence-corrected chi connectivity index (χ0v) is 13.2. The Hall–Kier alpha value is -0.970. The number of likely N-dealkylation sites (N-methyl/N-ethyl adjacent to an activating group) is 2. The SMILES string of the molecule is CC(N)C(c1ccccn1)N(C)CC1(N(C)C)CCC1. The third-order valence-electron chi connectivity index (χ3n) is 4.74. The average molecular weight is 276 g/mol. The van der Waals surface area contributed by atoms with Gasteiger partial charge >= 0.3 is 0 Å². The smallest absolute Gasteiger partial charge is 0.0669 e. The van der Waals surface area contributed by atoms with E-state index in [9.17, 15) is 0 Å². The predicted octanol–water partition coefficient (Wildman–Crippen LogP) is 1.89.